The molecular weight excluding hydrogens is 238 g/mol. The molecule has 0 radical (unpaired) electrons. The summed E-state index contributed by atoms with van der Waals surface area (Å²) in [6.45, 7) is 9.08. The van der Waals surface area contributed by atoms with Gasteiger partial charge in [0.25, 0.3) is 10.2 Å². The fourth-order valence-electron chi connectivity index (χ4n) is 1.87. The van der Waals surface area contributed by atoms with Crippen LogP contribution in [-0.2, 0) is 10.2 Å². The number of rotatable bonds is 6. The van der Waals surface area contributed by atoms with Crippen LogP contribution in [-0.4, -0.2) is 34.6 Å². The molecule has 1 aliphatic rings. The molecule has 17 heavy (non-hydrogen) atoms. The van der Waals surface area contributed by atoms with Crippen LogP contribution in [0.3, 0.4) is 0 Å². The van der Waals surface area contributed by atoms with E-state index in [1.54, 1.807) is 0 Å². The van der Waals surface area contributed by atoms with Gasteiger partial charge >= 0.3 is 0 Å². The number of nitrogens with one attached hydrogen (secondary N) is 3. The maximum absolute atomic E-state index is 11.6. The zero-order chi connectivity index (χ0) is 12.9. The van der Waals surface area contributed by atoms with E-state index in [-0.39, 0.29) is 0 Å². The Morgan fingerprint density at radius 3 is 2.65 bits per heavy atom. The van der Waals surface area contributed by atoms with E-state index < -0.39 is 10.2 Å². The van der Waals surface area contributed by atoms with Crippen molar-refractivity contribution in [3.8, 4) is 0 Å². The monoisotopic (exact) mass is 263 g/mol. The predicted octanol–water partition coefficient (Wildman–Crippen LogP) is 0.312. The summed E-state index contributed by atoms with van der Waals surface area (Å²) in [5.74, 6) is 1.28. The fourth-order valence-corrected chi connectivity index (χ4v) is 2.96. The molecule has 5 nitrogen and oxygen atoms in total. The van der Waals surface area contributed by atoms with Crippen molar-refractivity contribution in [1.29, 1.82) is 0 Å². The van der Waals surface area contributed by atoms with Gasteiger partial charge in [0, 0.05) is 13.1 Å². The molecule has 0 amide bonds. The molecule has 1 saturated heterocycles. The highest BCUT2D eigenvalue weighted by atomic mass is 32.2. The van der Waals surface area contributed by atoms with Crippen LogP contribution in [0.2, 0.25) is 0 Å². The van der Waals surface area contributed by atoms with Gasteiger partial charge in [0.05, 0.1) is 0 Å². The topological polar surface area (TPSA) is 70.2 Å². The van der Waals surface area contributed by atoms with Gasteiger partial charge in [-0.25, -0.2) is 9.44 Å². The molecule has 2 atom stereocenters. The second-order valence-corrected chi connectivity index (χ2v) is 6.91. The van der Waals surface area contributed by atoms with Gasteiger partial charge in [-0.2, -0.15) is 8.42 Å². The molecule has 1 aliphatic heterocycles. The van der Waals surface area contributed by atoms with Gasteiger partial charge in [-0.05, 0) is 37.3 Å². The van der Waals surface area contributed by atoms with E-state index in [0.717, 1.165) is 19.5 Å². The second kappa shape index (κ2) is 6.68. The Labute approximate surface area is 105 Å². The van der Waals surface area contributed by atoms with Gasteiger partial charge in [-0.1, -0.05) is 20.8 Å². The minimum Gasteiger partial charge on any atom is -0.316 e. The molecule has 0 aliphatic carbocycles. The molecule has 102 valence electrons. The third-order valence-corrected chi connectivity index (χ3v) is 4.30. The van der Waals surface area contributed by atoms with Crippen molar-refractivity contribution < 1.29 is 8.42 Å². The Hall–Kier alpha value is -0.170. The zero-order valence-corrected chi connectivity index (χ0v) is 11.8. The van der Waals surface area contributed by atoms with Crippen molar-refractivity contribution in [3.63, 3.8) is 0 Å². The Morgan fingerprint density at radius 2 is 2.06 bits per heavy atom. The summed E-state index contributed by atoms with van der Waals surface area (Å²) in [6, 6.07) is 0. The number of hydrogen-bond donors (Lipinski definition) is 3. The molecule has 0 aromatic carbocycles. The third-order valence-electron chi connectivity index (χ3n) is 3.20. The van der Waals surface area contributed by atoms with Gasteiger partial charge in [0.15, 0.2) is 0 Å². The molecule has 1 fully saturated rings. The third kappa shape index (κ3) is 5.81. The van der Waals surface area contributed by atoms with E-state index in [4.69, 9.17) is 0 Å². The molecule has 2 unspecified atom stereocenters. The Bertz CT molecular complexity index is 317. The average Bonchev–Trinajstić information content (AvgIpc) is 2.26. The maximum Gasteiger partial charge on any atom is 0.276 e. The lowest BCUT2D eigenvalue weighted by atomic mass is 9.88. The summed E-state index contributed by atoms with van der Waals surface area (Å²) in [5.41, 5.74) is 0. The molecular formula is C11H25N3O2S. The van der Waals surface area contributed by atoms with E-state index >= 15 is 0 Å². The minimum absolute atomic E-state index is 0.321. The quantitative estimate of drug-likeness (QED) is 0.646. The van der Waals surface area contributed by atoms with Crippen LogP contribution in [0.1, 0.15) is 27.2 Å². The molecule has 0 saturated carbocycles. The lowest BCUT2D eigenvalue weighted by molar-refractivity contribution is 0.275. The van der Waals surface area contributed by atoms with Gasteiger partial charge in [-0.15, -0.1) is 0 Å². The van der Waals surface area contributed by atoms with Crippen LogP contribution in [0, 0.1) is 17.8 Å². The first-order chi connectivity index (χ1) is 7.91. The normalized spacial score (nSPS) is 26.4. The van der Waals surface area contributed by atoms with E-state index in [9.17, 15) is 8.42 Å². The Balaban J connectivity index is 2.33. The van der Waals surface area contributed by atoms with Crippen molar-refractivity contribution in [3.05, 3.63) is 0 Å². The molecule has 6 heteroatoms. The SMILES string of the molecule is CC(C)CNS(=O)(=O)NCC1CNCCC1C. The number of piperidine rings is 1. The average molecular weight is 263 g/mol. The van der Waals surface area contributed by atoms with Gasteiger partial charge in [0.2, 0.25) is 0 Å². The minimum atomic E-state index is -3.33. The molecule has 0 aromatic heterocycles. The summed E-state index contributed by atoms with van der Waals surface area (Å²) < 4.78 is 28.5. The predicted molar refractivity (Wildman–Crippen MR) is 69.9 cm³/mol. The van der Waals surface area contributed by atoms with Crippen LogP contribution in [0.25, 0.3) is 0 Å². The lowest BCUT2D eigenvalue weighted by Crippen LogP contribution is -2.45. The van der Waals surface area contributed by atoms with Crippen molar-refractivity contribution >= 4 is 10.2 Å². The van der Waals surface area contributed by atoms with Gasteiger partial charge in [0.1, 0.15) is 0 Å². The Kier molecular flexibility index (Phi) is 5.85. The fraction of sp³-hybridized carbons (Fsp3) is 1.00. The van der Waals surface area contributed by atoms with Crippen molar-refractivity contribution in [2.24, 2.45) is 17.8 Å². The standard InChI is InChI=1S/C11H25N3O2S/c1-9(2)6-13-17(15,16)14-8-11-7-12-5-4-10(11)3/h9-14H,4-8H2,1-3H3. The summed E-state index contributed by atoms with van der Waals surface area (Å²) in [7, 11) is -3.33. The van der Waals surface area contributed by atoms with Crippen molar-refractivity contribution in [1.82, 2.24) is 14.8 Å². The summed E-state index contributed by atoms with van der Waals surface area (Å²) in [5, 5.41) is 3.30. The van der Waals surface area contributed by atoms with E-state index in [1.165, 1.54) is 0 Å². The highest BCUT2D eigenvalue weighted by Gasteiger charge is 2.22. The Morgan fingerprint density at radius 1 is 1.35 bits per heavy atom. The first-order valence-corrected chi connectivity index (χ1v) is 7.84. The molecule has 0 aromatic rings. The van der Waals surface area contributed by atoms with Crippen LogP contribution >= 0.6 is 0 Å². The molecule has 3 N–H and O–H groups in total. The number of hydrogen-bond acceptors (Lipinski definition) is 3. The first-order valence-electron chi connectivity index (χ1n) is 6.35. The van der Waals surface area contributed by atoms with E-state index in [0.29, 0.717) is 30.8 Å². The van der Waals surface area contributed by atoms with Crippen LogP contribution in [0.5, 0.6) is 0 Å². The van der Waals surface area contributed by atoms with Crippen molar-refractivity contribution in [2.45, 2.75) is 27.2 Å². The smallest absolute Gasteiger partial charge is 0.276 e. The first kappa shape index (κ1) is 14.9. The van der Waals surface area contributed by atoms with Gasteiger partial charge < -0.3 is 5.32 Å². The molecule has 0 bridgehead atoms. The highest BCUT2D eigenvalue weighted by Crippen LogP contribution is 2.17. The van der Waals surface area contributed by atoms with E-state index in [1.807, 2.05) is 13.8 Å². The van der Waals surface area contributed by atoms with Crippen LogP contribution in [0.15, 0.2) is 0 Å². The maximum atomic E-state index is 11.6. The molecule has 1 heterocycles. The zero-order valence-electron chi connectivity index (χ0n) is 11.0. The lowest BCUT2D eigenvalue weighted by Gasteiger charge is -2.29. The van der Waals surface area contributed by atoms with E-state index in [2.05, 4.69) is 21.7 Å². The van der Waals surface area contributed by atoms with Gasteiger partial charge in [-0.3, -0.25) is 0 Å². The second-order valence-electron chi connectivity index (χ2n) is 5.32. The largest absolute Gasteiger partial charge is 0.316 e. The molecule has 0 spiro atoms. The summed E-state index contributed by atoms with van der Waals surface area (Å²) in [6.07, 6.45) is 1.12. The summed E-state index contributed by atoms with van der Waals surface area (Å²) >= 11 is 0. The molecule has 1 rings (SSSR count). The highest BCUT2D eigenvalue weighted by molar-refractivity contribution is 7.87. The van der Waals surface area contributed by atoms with Crippen LogP contribution < -0.4 is 14.8 Å². The summed E-state index contributed by atoms with van der Waals surface area (Å²) in [4.78, 5) is 0. The van der Waals surface area contributed by atoms with Crippen LogP contribution in [0.4, 0.5) is 0 Å². The van der Waals surface area contributed by atoms with Crippen molar-refractivity contribution in [2.75, 3.05) is 26.2 Å².